The average molecular weight is 362 g/mol. The van der Waals surface area contributed by atoms with E-state index in [9.17, 15) is 13.5 Å². The third-order valence-corrected chi connectivity index (χ3v) is 6.02. The van der Waals surface area contributed by atoms with Crippen LogP contribution in [-0.2, 0) is 10.0 Å². The standard InChI is InChI=1S/C18H22N2O4S/c1-12-3-5-17(6-4-12)25(22,23)20-18(13-7-15(21)8-13)14-9-16(24-2)11-19-10-14/h3-6,9-11,13,15,18,20-21H,7-8H2,1-2H3/t13?,15?,18-/m1/s1. The van der Waals surface area contributed by atoms with Gasteiger partial charge < -0.3 is 9.84 Å². The third kappa shape index (κ3) is 4.00. The quantitative estimate of drug-likeness (QED) is 0.822. The molecule has 1 aromatic carbocycles. The Morgan fingerprint density at radius 1 is 1.24 bits per heavy atom. The molecule has 6 nitrogen and oxygen atoms in total. The highest BCUT2D eigenvalue weighted by molar-refractivity contribution is 7.89. The van der Waals surface area contributed by atoms with Crippen LogP contribution in [0.3, 0.4) is 0 Å². The van der Waals surface area contributed by atoms with Crippen molar-refractivity contribution in [3.63, 3.8) is 0 Å². The molecule has 2 aromatic rings. The normalized spacial score (nSPS) is 21.4. The molecule has 1 heterocycles. The lowest BCUT2D eigenvalue weighted by atomic mass is 9.76. The van der Waals surface area contributed by atoms with Gasteiger partial charge in [0.25, 0.3) is 0 Å². The molecular formula is C18H22N2O4S. The number of benzene rings is 1. The maximum atomic E-state index is 12.8. The second-order valence-electron chi connectivity index (χ2n) is 6.46. The number of methoxy groups -OCH3 is 1. The molecule has 1 atom stereocenters. The fourth-order valence-corrected chi connectivity index (χ4v) is 4.30. The van der Waals surface area contributed by atoms with Gasteiger partial charge in [-0.25, -0.2) is 13.1 Å². The predicted molar refractivity (Wildman–Crippen MR) is 93.8 cm³/mol. The van der Waals surface area contributed by atoms with Crippen molar-refractivity contribution in [3.05, 3.63) is 53.9 Å². The minimum absolute atomic E-state index is 0.0177. The molecule has 1 fully saturated rings. The Balaban J connectivity index is 1.90. The molecule has 0 amide bonds. The van der Waals surface area contributed by atoms with Gasteiger partial charge in [-0.1, -0.05) is 17.7 Å². The molecule has 0 unspecified atom stereocenters. The number of rotatable bonds is 6. The Hall–Kier alpha value is -1.96. The van der Waals surface area contributed by atoms with Gasteiger partial charge in [-0.3, -0.25) is 4.98 Å². The smallest absolute Gasteiger partial charge is 0.241 e. The maximum absolute atomic E-state index is 12.8. The summed E-state index contributed by atoms with van der Waals surface area (Å²) in [6.07, 6.45) is 3.94. The van der Waals surface area contributed by atoms with Crippen LogP contribution in [0.1, 0.15) is 30.0 Å². The molecule has 0 aliphatic heterocycles. The lowest BCUT2D eigenvalue weighted by Gasteiger charge is -2.38. The van der Waals surface area contributed by atoms with E-state index in [0.29, 0.717) is 18.6 Å². The number of ether oxygens (including phenoxy) is 1. The van der Waals surface area contributed by atoms with Crippen LogP contribution in [0, 0.1) is 12.8 Å². The Morgan fingerprint density at radius 3 is 2.52 bits per heavy atom. The summed E-state index contributed by atoms with van der Waals surface area (Å²) in [5.74, 6) is 0.584. The summed E-state index contributed by atoms with van der Waals surface area (Å²) >= 11 is 0. The average Bonchev–Trinajstić information content (AvgIpc) is 2.57. The number of sulfonamides is 1. The van der Waals surface area contributed by atoms with Crippen molar-refractivity contribution in [2.45, 2.75) is 36.8 Å². The van der Waals surface area contributed by atoms with Crippen LogP contribution >= 0.6 is 0 Å². The van der Waals surface area contributed by atoms with Gasteiger partial charge in [-0.2, -0.15) is 0 Å². The van der Waals surface area contributed by atoms with Gasteiger partial charge in [0.1, 0.15) is 5.75 Å². The van der Waals surface area contributed by atoms with Gasteiger partial charge in [0.2, 0.25) is 10.0 Å². The van der Waals surface area contributed by atoms with Crippen molar-refractivity contribution < 1.29 is 18.3 Å². The first kappa shape index (κ1) is 17.8. The predicted octanol–water partition coefficient (Wildman–Crippen LogP) is 2.19. The van der Waals surface area contributed by atoms with Gasteiger partial charge >= 0.3 is 0 Å². The van der Waals surface area contributed by atoms with Gasteiger partial charge in [-0.15, -0.1) is 0 Å². The van der Waals surface area contributed by atoms with Crippen LogP contribution in [-0.4, -0.2) is 31.7 Å². The zero-order valence-corrected chi connectivity index (χ0v) is 15.0. The summed E-state index contributed by atoms with van der Waals surface area (Å²) in [5, 5.41) is 9.64. The minimum atomic E-state index is -3.68. The number of aromatic nitrogens is 1. The zero-order valence-electron chi connectivity index (χ0n) is 14.2. The molecule has 134 valence electrons. The molecule has 0 spiro atoms. The van der Waals surface area contributed by atoms with E-state index in [-0.39, 0.29) is 16.9 Å². The summed E-state index contributed by atoms with van der Waals surface area (Å²) in [5.41, 5.74) is 1.72. The van der Waals surface area contributed by atoms with Crippen molar-refractivity contribution in [1.82, 2.24) is 9.71 Å². The first-order chi connectivity index (χ1) is 11.9. The molecule has 0 bridgehead atoms. The van der Waals surface area contributed by atoms with Crippen molar-refractivity contribution >= 4 is 10.0 Å². The third-order valence-electron chi connectivity index (χ3n) is 4.56. The van der Waals surface area contributed by atoms with E-state index < -0.39 is 16.1 Å². The number of nitrogens with zero attached hydrogens (tertiary/aromatic N) is 1. The van der Waals surface area contributed by atoms with E-state index >= 15 is 0 Å². The lowest BCUT2D eigenvalue weighted by molar-refractivity contribution is 0.0279. The second-order valence-corrected chi connectivity index (χ2v) is 8.17. The van der Waals surface area contributed by atoms with Crippen molar-refractivity contribution in [1.29, 1.82) is 0 Å². The number of hydrogen-bond acceptors (Lipinski definition) is 5. The van der Waals surface area contributed by atoms with Crippen molar-refractivity contribution in [3.8, 4) is 5.75 Å². The first-order valence-electron chi connectivity index (χ1n) is 8.15. The summed E-state index contributed by atoms with van der Waals surface area (Å²) in [6, 6.07) is 8.04. The van der Waals surface area contributed by atoms with Gasteiger partial charge in [0, 0.05) is 6.20 Å². The molecule has 1 aliphatic rings. The van der Waals surface area contributed by atoms with E-state index in [4.69, 9.17) is 4.74 Å². The highest BCUT2D eigenvalue weighted by Gasteiger charge is 2.37. The van der Waals surface area contributed by atoms with Crippen LogP contribution in [0.15, 0.2) is 47.6 Å². The summed E-state index contributed by atoms with van der Waals surface area (Å²) < 4.78 is 33.5. The molecule has 1 aliphatic carbocycles. The van der Waals surface area contributed by atoms with E-state index in [2.05, 4.69) is 9.71 Å². The SMILES string of the molecule is COc1cncc([C@H](NS(=O)(=O)c2ccc(C)cc2)C2CC(O)C2)c1. The minimum Gasteiger partial charge on any atom is -0.495 e. The fourth-order valence-electron chi connectivity index (χ4n) is 3.01. The Labute approximate surface area is 147 Å². The van der Waals surface area contributed by atoms with Gasteiger partial charge in [0.15, 0.2) is 0 Å². The van der Waals surface area contributed by atoms with Crippen LogP contribution < -0.4 is 9.46 Å². The van der Waals surface area contributed by atoms with Crippen molar-refractivity contribution in [2.24, 2.45) is 5.92 Å². The zero-order chi connectivity index (χ0) is 18.0. The van der Waals surface area contributed by atoms with Crippen LogP contribution in [0.2, 0.25) is 0 Å². The summed E-state index contributed by atoms with van der Waals surface area (Å²) in [7, 11) is -2.14. The molecule has 3 rings (SSSR count). The summed E-state index contributed by atoms with van der Waals surface area (Å²) in [4.78, 5) is 4.35. The Morgan fingerprint density at radius 2 is 1.92 bits per heavy atom. The number of aliphatic hydroxyl groups excluding tert-OH is 1. The molecule has 7 heteroatoms. The molecule has 1 aromatic heterocycles. The molecule has 0 saturated heterocycles. The Kier molecular flexibility index (Phi) is 5.08. The van der Waals surface area contributed by atoms with Crippen LogP contribution in [0.5, 0.6) is 5.75 Å². The Bertz CT molecular complexity index is 830. The van der Waals surface area contributed by atoms with Crippen LogP contribution in [0.4, 0.5) is 0 Å². The largest absolute Gasteiger partial charge is 0.495 e. The van der Waals surface area contributed by atoms with Crippen molar-refractivity contribution in [2.75, 3.05) is 7.11 Å². The van der Waals surface area contributed by atoms with E-state index in [1.807, 2.05) is 6.92 Å². The second kappa shape index (κ2) is 7.11. The van der Waals surface area contributed by atoms with E-state index in [1.165, 1.54) is 0 Å². The monoisotopic (exact) mass is 362 g/mol. The molecular weight excluding hydrogens is 340 g/mol. The fraction of sp³-hybridized carbons (Fsp3) is 0.389. The lowest BCUT2D eigenvalue weighted by Crippen LogP contribution is -2.41. The summed E-state index contributed by atoms with van der Waals surface area (Å²) in [6.45, 7) is 1.91. The topological polar surface area (TPSA) is 88.5 Å². The number of aliphatic hydroxyl groups is 1. The highest BCUT2D eigenvalue weighted by atomic mass is 32.2. The van der Waals surface area contributed by atoms with E-state index in [1.54, 1.807) is 49.8 Å². The maximum Gasteiger partial charge on any atom is 0.241 e. The number of aryl methyl sites for hydroxylation is 1. The number of hydrogen-bond donors (Lipinski definition) is 2. The molecule has 0 radical (unpaired) electrons. The van der Waals surface area contributed by atoms with Gasteiger partial charge in [0.05, 0.1) is 30.3 Å². The van der Waals surface area contributed by atoms with Crippen LogP contribution in [0.25, 0.3) is 0 Å². The van der Waals surface area contributed by atoms with E-state index in [0.717, 1.165) is 11.1 Å². The first-order valence-corrected chi connectivity index (χ1v) is 9.63. The number of pyridine rings is 1. The molecule has 25 heavy (non-hydrogen) atoms. The highest BCUT2D eigenvalue weighted by Crippen LogP contribution is 2.39. The molecule has 1 saturated carbocycles. The van der Waals surface area contributed by atoms with Gasteiger partial charge in [-0.05, 0) is 49.4 Å². The number of nitrogens with one attached hydrogen (secondary N) is 1. The molecule has 2 N–H and O–H groups in total.